The number of anilines is 1. The topological polar surface area (TPSA) is 111 Å². The van der Waals surface area contributed by atoms with Gasteiger partial charge in [0.15, 0.2) is 5.82 Å². The molecule has 0 bridgehead atoms. The van der Waals surface area contributed by atoms with E-state index < -0.39 is 0 Å². The van der Waals surface area contributed by atoms with Crippen LogP contribution in [0.4, 0.5) is 17.5 Å². The molecule has 1 aromatic rings. The van der Waals surface area contributed by atoms with Gasteiger partial charge in [-0.05, 0) is 10.4 Å². The van der Waals surface area contributed by atoms with Crippen LogP contribution in [0.2, 0.25) is 0 Å². The molecule has 1 heterocycles. The first-order valence-corrected chi connectivity index (χ1v) is 2.57. The lowest BCUT2D eigenvalue weighted by Gasteiger charge is -1.92. The van der Waals surface area contributed by atoms with Crippen molar-refractivity contribution in [3.8, 4) is 0 Å². The minimum atomic E-state index is -0.317. The number of nitrogens with zero attached hydrogens (tertiary/aromatic N) is 4. The Morgan fingerprint density at radius 1 is 1.36 bits per heavy atom. The Kier molecular flexibility index (Phi) is 1.81. The van der Waals surface area contributed by atoms with Crippen LogP contribution < -0.4 is 5.73 Å². The molecular formula is C4H3N5O2. The Morgan fingerprint density at radius 2 is 2.09 bits per heavy atom. The molecule has 2 N–H and O–H groups in total. The van der Waals surface area contributed by atoms with Gasteiger partial charge in [-0.15, -0.1) is 9.81 Å². The monoisotopic (exact) mass is 153 g/mol. The number of aromatic nitrogens is 2. The maximum absolute atomic E-state index is 9.92. The van der Waals surface area contributed by atoms with Crippen LogP contribution in [0.1, 0.15) is 0 Å². The van der Waals surface area contributed by atoms with Crippen molar-refractivity contribution in [1.82, 2.24) is 9.97 Å². The predicted molar refractivity (Wildman–Crippen MR) is 37.4 cm³/mol. The quantitative estimate of drug-likeness (QED) is 0.633. The highest BCUT2D eigenvalue weighted by atomic mass is 16.3. The minimum Gasteiger partial charge on any atom is -0.380 e. The van der Waals surface area contributed by atoms with Crippen molar-refractivity contribution in [3.63, 3.8) is 0 Å². The maximum atomic E-state index is 9.92. The lowest BCUT2D eigenvalue weighted by Crippen LogP contribution is -1.91. The second-order valence-corrected chi connectivity index (χ2v) is 1.62. The van der Waals surface area contributed by atoms with Gasteiger partial charge in [0.05, 0.1) is 6.20 Å². The van der Waals surface area contributed by atoms with Crippen molar-refractivity contribution in [3.05, 3.63) is 16.0 Å². The Labute approximate surface area is 60.6 Å². The number of nitroso groups, excluding NO2 is 2. The summed E-state index contributed by atoms with van der Waals surface area (Å²) in [7, 11) is 0. The molecule has 0 spiro atoms. The standard InChI is InChI=1S/C4H3N5O2/c5-3-4(9-11)7-2(8-10)1-6-3/h1H,(H2,5,6). The van der Waals surface area contributed by atoms with Crippen molar-refractivity contribution < 1.29 is 0 Å². The van der Waals surface area contributed by atoms with Gasteiger partial charge in [0.25, 0.3) is 0 Å². The van der Waals surface area contributed by atoms with E-state index >= 15 is 0 Å². The molecule has 0 saturated carbocycles. The lowest BCUT2D eigenvalue weighted by atomic mass is 10.6. The maximum Gasteiger partial charge on any atom is 0.241 e. The van der Waals surface area contributed by atoms with E-state index in [1.54, 1.807) is 0 Å². The van der Waals surface area contributed by atoms with Gasteiger partial charge in [-0.3, -0.25) is 0 Å². The molecule has 0 aliphatic rings. The average molecular weight is 153 g/mol. The van der Waals surface area contributed by atoms with E-state index in [1.165, 1.54) is 0 Å². The van der Waals surface area contributed by atoms with Gasteiger partial charge in [-0.2, -0.15) is 4.98 Å². The summed E-state index contributed by atoms with van der Waals surface area (Å²) in [5.74, 6) is -0.650. The highest BCUT2D eigenvalue weighted by Crippen LogP contribution is 2.18. The van der Waals surface area contributed by atoms with Crippen molar-refractivity contribution in [2.45, 2.75) is 0 Å². The summed E-state index contributed by atoms with van der Waals surface area (Å²) < 4.78 is 0. The summed E-state index contributed by atoms with van der Waals surface area (Å²) in [6.45, 7) is 0. The normalized spacial score (nSPS) is 9.09. The molecule has 0 aliphatic carbocycles. The molecule has 0 aromatic carbocycles. The zero-order chi connectivity index (χ0) is 8.27. The molecule has 0 fully saturated rings. The van der Waals surface area contributed by atoms with Crippen LogP contribution in [0.3, 0.4) is 0 Å². The fraction of sp³-hybridized carbons (Fsp3) is 0. The van der Waals surface area contributed by atoms with E-state index in [4.69, 9.17) is 5.73 Å². The Bertz CT molecular complexity index is 299. The highest BCUT2D eigenvalue weighted by Gasteiger charge is 2.03. The van der Waals surface area contributed by atoms with Crippen LogP contribution in [0.25, 0.3) is 0 Å². The lowest BCUT2D eigenvalue weighted by molar-refractivity contribution is 1.16. The largest absolute Gasteiger partial charge is 0.380 e. The molecule has 7 nitrogen and oxygen atoms in total. The van der Waals surface area contributed by atoms with E-state index in [0.29, 0.717) is 0 Å². The second kappa shape index (κ2) is 2.78. The van der Waals surface area contributed by atoms with Crippen LogP contribution in [0, 0.1) is 9.81 Å². The number of hydrogen-bond acceptors (Lipinski definition) is 7. The van der Waals surface area contributed by atoms with Crippen LogP contribution >= 0.6 is 0 Å². The van der Waals surface area contributed by atoms with Gasteiger partial charge in [0.1, 0.15) is 0 Å². The molecule has 7 heteroatoms. The zero-order valence-corrected chi connectivity index (χ0v) is 5.26. The number of nitrogens with two attached hydrogens (primary N) is 1. The van der Waals surface area contributed by atoms with Crippen molar-refractivity contribution in [1.29, 1.82) is 0 Å². The molecule has 0 saturated heterocycles. The van der Waals surface area contributed by atoms with Gasteiger partial charge < -0.3 is 5.73 Å². The number of hydrogen-bond donors (Lipinski definition) is 1. The van der Waals surface area contributed by atoms with E-state index in [9.17, 15) is 9.81 Å². The Morgan fingerprint density at radius 3 is 2.64 bits per heavy atom. The summed E-state index contributed by atoms with van der Waals surface area (Å²) in [4.78, 5) is 26.6. The summed E-state index contributed by atoms with van der Waals surface area (Å²) in [6.07, 6.45) is 1.05. The van der Waals surface area contributed by atoms with Gasteiger partial charge in [0.2, 0.25) is 11.6 Å². The van der Waals surface area contributed by atoms with Gasteiger partial charge >= 0.3 is 0 Å². The zero-order valence-electron chi connectivity index (χ0n) is 5.26. The van der Waals surface area contributed by atoms with Crippen molar-refractivity contribution >= 4 is 17.5 Å². The third kappa shape index (κ3) is 1.31. The molecule has 0 unspecified atom stereocenters. The first-order chi connectivity index (χ1) is 5.27. The molecule has 1 aromatic heterocycles. The second-order valence-electron chi connectivity index (χ2n) is 1.62. The number of rotatable bonds is 2. The molecule has 0 atom stereocenters. The van der Waals surface area contributed by atoms with E-state index in [2.05, 4.69) is 20.3 Å². The molecule has 1 rings (SSSR count). The third-order valence-electron chi connectivity index (χ3n) is 0.949. The van der Waals surface area contributed by atoms with E-state index in [0.717, 1.165) is 6.20 Å². The average Bonchev–Trinajstić information content (AvgIpc) is 2.05. The fourth-order valence-corrected chi connectivity index (χ4v) is 0.491. The predicted octanol–water partition coefficient (Wildman–Crippen LogP) is 0.855. The first kappa shape index (κ1) is 7.19. The van der Waals surface area contributed by atoms with E-state index in [-0.39, 0.29) is 17.5 Å². The van der Waals surface area contributed by atoms with Gasteiger partial charge in [-0.1, -0.05) is 0 Å². The van der Waals surface area contributed by atoms with Gasteiger partial charge in [-0.25, -0.2) is 4.98 Å². The molecule has 0 aliphatic heterocycles. The molecule has 56 valence electrons. The van der Waals surface area contributed by atoms with Crippen LogP contribution in [-0.2, 0) is 0 Å². The fourth-order valence-electron chi connectivity index (χ4n) is 0.491. The summed E-state index contributed by atoms with van der Waals surface area (Å²) in [6, 6.07) is 0. The van der Waals surface area contributed by atoms with E-state index in [1.807, 2.05) is 0 Å². The molecule has 0 radical (unpaired) electrons. The minimum absolute atomic E-state index is 0.118. The summed E-state index contributed by atoms with van der Waals surface area (Å²) in [5.41, 5.74) is 5.14. The van der Waals surface area contributed by atoms with Crippen LogP contribution in [0.15, 0.2) is 16.6 Å². The third-order valence-corrected chi connectivity index (χ3v) is 0.949. The highest BCUT2D eigenvalue weighted by molar-refractivity contribution is 5.53. The molecule has 0 amide bonds. The van der Waals surface area contributed by atoms with Crippen molar-refractivity contribution in [2.24, 2.45) is 10.4 Å². The van der Waals surface area contributed by atoms with Crippen LogP contribution in [0.5, 0.6) is 0 Å². The Hall–Kier alpha value is -1.92. The smallest absolute Gasteiger partial charge is 0.241 e. The molecular weight excluding hydrogens is 150 g/mol. The first-order valence-electron chi connectivity index (χ1n) is 2.57. The van der Waals surface area contributed by atoms with Crippen molar-refractivity contribution in [2.75, 3.05) is 5.73 Å². The van der Waals surface area contributed by atoms with Gasteiger partial charge in [0, 0.05) is 0 Å². The van der Waals surface area contributed by atoms with Crippen LogP contribution in [-0.4, -0.2) is 9.97 Å². The number of nitrogen functional groups attached to an aromatic ring is 1. The summed E-state index contributed by atoms with van der Waals surface area (Å²) >= 11 is 0. The molecule has 11 heavy (non-hydrogen) atoms. The Balaban J connectivity index is 3.22. The summed E-state index contributed by atoms with van der Waals surface area (Å²) in [5, 5.41) is 4.87. The SMILES string of the molecule is Nc1ncc(N=O)nc1N=O.